The average Bonchev–Trinajstić information content (AvgIpc) is 2.65. The van der Waals surface area contributed by atoms with E-state index in [1.165, 1.54) is 6.07 Å². The normalized spacial score (nSPS) is 12.3. The van der Waals surface area contributed by atoms with Crippen molar-refractivity contribution in [1.29, 1.82) is 0 Å². The van der Waals surface area contributed by atoms with Gasteiger partial charge in [-0.3, -0.25) is 9.10 Å². The average molecular weight is 459 g/mol. The minimum atomic E-state index is -3.76. The first-order valence-corrected chi connectivity index (χ1v) is 11.5. The van der Waals surface area contributed by atoms with E-state index in [1.807, 2.05) is 32.0 Å². The van der Waals surface area contributed by atoms with Gasteiger partial charge in [0.1, 0.15) is 12.3 Å². The number of carbonyl (C=O) groups is 1. The predicted octanol–water partition coefficient (Wildman–Crippen LogP) is 4.34. The van der Waals surface area contributed by atoms with Crippen LogP contribution < -0.4 is 14.4 Å². The lowest BCUT2D eigenvalue weighted by Crippen LogP contribution is -2.41. The molecule has 6 nitrogen and oxygen atoms in total. The molecule has 0 aliphatic carbocycles. The van der Waals surface area contributed by atoms with Crippen molar-refractivity contribution in [3.05, 3.63) is 57.6 Å². The molecule has 0 heterocycles. The fraction of sp³-hybridized carbons (Fsp3) is 0.350. The molecule has 1 amide bonds. The van der Waals surface area contributed by atoms with Crippen LogP contribution in [0.4, 0.5) is 5.69 Å². The molecule has 2 rings (SSSR count). The number of sulfonamides is 1. The smallest absolute Gasteiger partial charge is 0.241 e. The zero-order valence-corrected chi connectivity index (χ0v) is 19.0. The fourth-order valence-electron chi connectivity index (χ4n) is 2.98. The topological polar surface area (TPSA) is 75.7 Å². The Morgan fingerprint density at radius 3 is 2.48 bits per heavy atom. The first-order chi connectivity index (χ1) is 13.6. The number of amides is 1. The van der Waals surface area contributed by atoms with E-state index in [1.54, 1.807) is 19.2 Å². The van der Waals surface area contributed by atoms with Crippen LogP contribution in [0.15, 0.2) is 36.4 Å². The molecule has 0 radical (unpaired) electrons. The SMILES string of the molecule is CC[C@H](NC(=O)CN(c1cccc(Cl)c1Cl)S(C)(=O)=O)c1ccc(OC)c(C)c1. The molecule has 1 atom stereocenters. The molecule has 0 unspecified atom stereocenters. The van der Waals surface area contributed by atoms with Crippen molar-refractivity contribution in [3.8, 4) is 5.75 Å². The van der Waals surface area contributed by atoms with Crippen molar-refractivity contribution in [3.63, 3.8) is 0 Å². The van der Waals surface area contributed by atoms with Crippen LogP contribution in [0, 0.1) is 6.92 Å². The molecule has 0 aliphatic heterocycles. The van der Waals surface area contributed by atoms with Crippen molar-refractivity contribution in [1.82, 2.24) is 5.32 Å². The number of hydrogen-bond acceptors (Lipinski definition) is 4. The molecule has 9 heteroatoms. The number of methoxy groups -OCH3 is 1. The minimum Gasteiger partial charge on any atom is -0.496 e. The third-order valence-corrected chi connectivity index (χ3v) is 6.39. The highest BCUT2D eigenvalue weighted by Gasteiger charge is 2.25. The first-order valence-electron chi connectivity index (χ1n) is 8.94. The fourth-order valence-corrected chi connectivity index (χ4v) is 4.28. The summed E-state index contributed by atoms with van der Waals surface area (Å²) < 4.78 is 30.8. The summed E-state index contributed by atoms with van der Waals surface area (Å²) in [6, 6.07) is 10.0. The van der Waals surface area contributed by atoms with Crippen LogP contribution in [0.1, 0.15) is 30.5 Å². The van der Waals surface area contributed by atoms with Crippen molar-refractivity contribution in [2.45, 2.75) is 26.3 Å². The van der Waals surface area contributed by atoms with Gasteiger partial charge in [-0.1, -0.05) is 48.3 Å². The van der Waals surface area contributed by atoms with Crippen LogP contribution in [-0.2, 0) is 14.8 Å². The maximum atomic E-state index is 12.7. The molecule has 1 N–H and O–H groups in total. The maximum absolute atomic E-state index is 12.7. The van der Waals surface area contributed by atoms with E-state index in [-0.39, 0.29) is 21.8 Å². The Hall–Kier alpha value is -1.96. The quantitative estimate of drug-likeness (QED) is 0.637. The van der Waals surface area contributed by atoms with E-state index >= 15 is 0 Å². The van der Waals surface area contributed by atoms with E-state index < -0.39 is 22.5 Å². The van der Waals surface area contributed by atoms with Gasteiger partial charge in [-0.05, 0) is 42.7 Å². The van der Waals surface area contributed by atoms with Gasteiger partial charge in [-0.25, -0.2) is 8.42 Å². The highest BCUT2D eigenvalue weighted by Crippen LogP contribution is 2.33. The van der Waals surface area contributed by atoms with Gasteiger partial charge in [0, 0.05) is 0 Å². The van der Waals surface area contributed by atoms with Crippen LogP contribution in [0.5, 0.6) is 5.75 Å². The molecule has 0 spiro atoms. The van der Waals surface area contributed by atoms with Gasteiger partial charge >= 0.3 is 0 Å². The van der Waals surface area contributed by atoms with Gasteiger partial charge in [0.05, 0.1) is 35.1 Å². The Balaban J connectivity index is 2.25. The van der Waals surface area contributed by atoms with E-state index in [0.29, 0.717) is 6.42 Å². The van der Waals surface area contributed by atoms with E-state index in [9.17, 15) is 13.2 Å². The van der Waals surface area contributed by atoms with Gasteiger partial charge in [0.25, 0.3) is 0 Å². The van der Waals surface area contributed by atoms with Crippen LogP contribution in [0.25, 0.3) is 0 Å². The molecule has 0 fully saturated rings. The molecule has 0 saturated carbocycles. The lowest BCUT2D eigenvalue weighted by atomic mass is 10.0. The van der Waals surface area contributed by atoms with Crippen LogP contribution in [0.2, 0.25) is 10.0 Å². The van der Waals surface area contributed by atoms with Gasteiger partial charge < -0.3 is 10.1 Å². The number of hydrogen-bond donors (Lipinski definition) is 1. The number of benzene rings is 2. The number of carbonyl (C=O) groups excluding carboxylic acids is 1. The number of nitrogens with one attached hydrogen (secondary N) is 1. The number of rotatable bonds is 8. The summed E-state index contributed by atoms with van der Waals surface area (Å²) in [4.78, 5) is 12.7. The van der Waals surface area contributed by atoms with Crippen molar-refractivity contribution in [2.24, 2.45) is 0 Å². The predicted molar refractivity (Wildman–Crippen MR) is 118 cm³/mol. The highest BCUT2D eigenvalue weighted by atomic mass is 35.5. The third-order valence-electron chi connectivity index (χ3n) is 4.45. The second-order valence-corrected chi connectivity index (χ2v) is 9.29. The molecule has 2 aromatic carbocycles. The lowest BCUT2D eigenvalue weighted by molar-refractivity contribution is -0.120. The molecular weight excluding hydrogens is 435 g/mol. The molecule has 2 aromatic rings. The number of nitrogens with zero attached hydrogens (tertiary/aromatic N) is 1. The number of anilines is 1. The van der Waals surface area contributed by atoms with Crippen LogP contribution in [0.3, 0.4) is 0 Å². The molecule has 0 aromatic heterocycles. The second kappa shape index (κ2) is 9.69. The summed E-state index contributed by atoms with van der Waals surface area (Å²) in [7, 11) is -2.16. The molecule has 29 heavy (non-hydrogen) atoms. The largest absolute Gasteiger partial charge is 0.496 e. The Bertz CT molecular complexity index is 996. The summed E-state index contributed by atoms with van der Waals surface area (Å²) in [5.74, 6) is 0.306. The van der Waals surface area contributed by atoms with E-state index in [2.05, 4.69) is 5.32 Å². The molecule has 0 saturated heterocycles. The van der Waals surface area contributed by atoms with Crippen molar-refractivity contribution < 1.29 is 17.9 Å². The van der Waals surface area contributed by atoms with Crippen LogP contribution in [-0.4, -0.2) is 34.2 Å². The van der Waals surface area contributed by atoms with Crippen molar-refractivity contribution in [2.75, 3.05) is 24.2 Å². The van der Waals surface area contributed by atoms with Crippen LogP contribution >= 0.6 is 23.2 Å². The molecule has 0 aliphatic rings. The standard InChI is InChI=1S/C20H24Cl2N2O4S/c1-5-16(14-9-10-18(28-3)13(2)11-14)23-19(25)12-24(29(4,26)27)17-8-6-7-15(21)20(17)22/h6-11,16H,5,12H2,1-4H3,(H,23,25)/t16-/m0/s1. The Morgan fingerprint density at radius 2 is 1.93 bits per heavy atom. The van der Waals surface area contributed by atoms with Gasteiger partial charge in [0.15, 0.2) is 0 Å². The molecular formula is C20H24Cl2N2O4S. The summed E-state index contributed by atoms with van der Waals surface area (Å²) in [6.07, 6.45) is 1.65. The number of ether oxygens (including phenoxy) is 1. The summed E-state index contributed by atoms with van der Waals surface area (Å²) in [5, 5.41) is 3.17. The maximum Gasteiger partial charge on any atom is 0.241 e. The summed E-state index contributed by atoms with van der Waals surface area (Å²) >= 11 is 12.2. The Kier molecular flexibility index (Phi) is 7.80. The van der Waals surface area contributed by atoms with Crippen molar-refractivity contribution >= 4 is 44.8 Å². The van der Waals surface area contributed by atoms with Gasteiger partial charge in [0.2, 0.25) is 15.9 Å². The monoisotopic (exact) mass is 458 g/mol. The zero-order chi connectivity index (χ0) is 21.8. The lowest BCUT2D eigenvalue weighted by Gasteiger charge is -2.25. The van der Waals surface area contributed by atoms with Gasteiger partial charge in [-0.15, -0.1) is 0 Å². The third kappa shape index (κ3) is 5.78. The zero-order valence-electron chi connectivity index (χ0n) is 16.7. The highest BCUT2D eigenvalue weighted by molar-refractivity contribution is 7.92. The number of aryl methyl sites for hydroxylation is 1. The minimum absolute atomic E-state index is 0.0743. The first kappa shape index (κ1) is 23.3. The van der Waals surface area contributed by atoms with Gasteiger partial charge in [-0.2, -0.15) is 0 Å². The second-order valence-electron chi connectivity index (χ2n) is 6.60. The summed E-state index contributed by atoms with van der Waals surface area (Å²) in [5.41, 5.74) is 2.01. The Labute approximate surface area is 181 Å². The van der Waals surface area contributed by atoms with E-state index in [0.717, 1.165) is 27.4 Å². The Morgan fingerprint density at radius 1 is 1.24 bits per heavy atom. The summed E-state index contributed by atoms with van der Waals surface area (Å²) in [6.45, 7) is 3.45. The molecule has 0 bridgehead atoms. The van der Waals surface area contributed by atoms with E-state index in [4.69, 9.17) is 27.9 Å². The number of halogens is 2. The molecule has 158 valence electrons.